The highest BCUT2D eigenvalue weighted by molar-refractivity contribution is 7.92. The number of primary amides is 1. The van der Waals surface area contributed by atoms with Crippen molar-refractivity contribution in [3.05, 3.63) is 100 Å². The van der Waals surface area contributed by atoms with E-state index in [1.807, 2.05) is 29.2 Å². The zero-order valence-electron chi connectivity index (χ0n) is 22.3. The van der Waals surface area contributed by atoms with Crippen molar-refractivity contribution in [1.82, 2.24) is 10.2 Å². The Balaban J connectivity index is 1.64. The average molecular weight is 575 g/mol. The van der Waals surface area contributed by atoms with E-state index in [4.69, 9.17) is 5.73 Å². The average Bonchev–Trinajstić information content (AvgIpc) is 2.91. The molecule has 0 saturated carbocycles. The molecule has 10 nitrogen and oxygen atoms in total. The number of nitrogens with one attached hydrogen (secondary N) is 1. The number of halogens is 1. The minimum atomic E-state index is -3.91. The third-order valence-electron chi connectivity index (χ3n) is 6.83. The van der Waals surface area contributed by atoms with Gasteiger partial charge in [0.1, 0.15) is 11.9 Å². The number of nitrogens with two attached hydrogens (primary N) is 1. The van der Waals surface area contributed by atoms with E-state index in [0.29, 0.717) is 11.1 Å². The van der Waals surface area contributed by atoms with E-state index >= 15 is 0 Å². The molecule has 0 radical (unpaired) electrons. The first-order valence-electron chi connectivity index (χ1n) is 12.6. The number of carbonyl (C=O) groups excluding carboxylic acids is 2. The first-order chi connectivity index (χ1) is 19.4. The number of hydrogen-bond acceptors (Lipinski definition) is 7. The molecule has 1 aliphatic heterocycles. The van der Waals surface area contributed by atoms with Crippen LogP contribution in [0.1, 0.15) is 45.6 Å². The van der Waals surface area contributed by atoms with Crippen LogP contribution in [0.5, 0.6) is 0 Å². The van der Waals surface area contributed by atoms with Crippen LogP contribution in [0.15, 0.2) is 66.7 Å². The predicted octanol–water partition coefficient (Wildman–Crippen LogP) is 2.41. The number of benzene rings is 3. The molecule has 1 heterocycles. The Morgan fingerprint density at radius 3 is 1.95 bits per heavy atom. The molecule has 12 heteroatoms. The van der Waals surface area contributed by atoms with Crippen LogP contribution in [0, 0.1) is 28.5 Å². The van der Waals surface area contributed by atoms with Gasteiger partial charge in [0.25, 0.3) is 5.91 Å². The highest BCUT2D eigenvalue weighted by Gasteiger charge is 2.41. The molecule has 0 bridgehead atoms. The Morgan fingerprint density at radius 1 is 1.00 bits per heavy atom. The van der Waals surface area contributed by atoms with Gasteiger partial charge in [0.05, 0.1) is 47.3 Å². The molecule has 3 aromatic rings. The summed E-state index contributed by atoms with van der Waals surface area (Å²) in [6, 6.07) is 19.6. The Morgan fingerprint density at radius 2 is 1.51 bits per heavy atom. The summed E-state index contributed by atoms with van der Waals surface area (Å²) in [5.41, 5.74) is 7.73. The van der Waals surface area contributed by atoms with Gasteiger partial charge in [-0.25, -0.2) is 12.8 Å². The minimum absolute atomic E-state index is 0.0256. The van der Waals surface area contributed by atoms with Crippen LogP contribution in [0.3, 0.4) is 0 Å². The maximum absolute atomic E-state index is 14.6. The first kappa shape index (κ1) is 29.2. The van der Waals surface area contributed by atoms with Crippen molar-refractivity contribution in [2.45, 2.75) is 25.0 Å². The van der Waals surface area contributed by atoms with Crippen LogP contribution in [-0.2, 0) is 14.8 Å². The second-order valence-electron chi connectivity index (χ2n) is 9.83. The lowest BCUT2D eigenvalue weighted by Crippen LogP contribution is -2.61. The molecule has 2 amide bonds. The molecule has 1 saturated heterocycles. The van der Waals surface area contributed by atoms with Gasteiger partial charge in [0, 0.05) is 18.7 Å². The maximum Gasteiger partial charge on any atom is 0.252 e. The highest BCUT2D eigenvalue weighted by Crippen LogP contribution is 2.36. The van der Waals surface area contributed by atoms with Crippen molar-refractivity contribution in [3.63, 3.8) is 0 Å². The number of anilines is 1. The van der Waals surface area contributed by atoms with E-state index < -0.39 is 39.7 Å². The minimum Gasteiger partial charge on any atom is -0.368 e. The van der Waals surface area contributed by atoms with Crippen molar-refractivity contribution < 1.29 is 22.4 Å². The molecule has 3 aromatic carbocycles. The van der Waals surface area contributed by atoms with E-state index in [-0.39, 0.29) is 30.4 Å². The van der Waals surface area contributed by atoms with E-state index in [1.165, 1.54) is 13.0 Å². The monoisotopic (exact) mass is 574 g/mol. The van der Waals surface area contributed by atoms with Gasteiger partial charge in [-0.15, -0.1) is 0 Å². The van der Waals surface area contributed by atoms with Crippen molar-refractivity contribution in [2.24, 2.45) is 5.73 Å². The third kappa shape index (κ3) is 6.52. The van der Waals surface area contributed by atoms with Gasteiger partial charge < -0.3 is 11.1 Å². The summed E-state index contributed by atoms with van der Waals surface area (Å²) in [6.45, 7) is 1.92. The number of amides is 2. The Labute approximate surface area is 237 Å². The number of carbonyl (C=O) groups is 2. The lowest BCUT2D eigenvalue weighted by Gasteiger charge is -2.48. The molecule has 0 spiro atoms. The molecule has 0 aromatic heterocycles. The van der Waals surface area contributed by atoms with E-state index in [9.17, 15) is 32.9 Å². The lowest BCUT2D eigenvalue weighted by molar-refractivity contribution is -0.119. The fraction of sp³-hybridized carbons (Fsp3) is 0.241. The van der Waals surface area contributed by atoms with Crippen LogP contribution >= 0.6 is 0 Å². The Bertz CT molecular complexity index is 1600. The topological polar surface area (TPSA) is 160 Å². The van der Waals surface area contributed by atoms with Gasteiger partial charge in [-0.1, -0.05) is 24.3 Å². The zero-order valence-corrected chi connectivity index (χ0v) is 23.1. The quantitative estimate of drug-likeness (QED) is 0.397. The molecule has 4 rings (SSSR count). The largest absolute Gasteiger partial charge is 0.368 e. The number of sulfonamides is 1. The van der Waals surface area contributed by atoms with E-state index in [0.717, 1.165) is 33.8 Å². The van der Waals surface area contributed by atoms with Gasteiger partial charge in [-0.05, 0) is 60.5 Å². The van der Waals surface area contributed by atoms with Crippen LogP contribution < -0.4 is 15.4 Å². The molecular formula is C29H27FN6O4S. The highest BCUT2D eigenvalue weighted by atomic mass is 32.2. The smallest absolute Gasteiger partial charge is 0.252 e. The van der Waals surface area contributed by atoms with Crippen molar-refractivity contribution >= 4 is 27.5 Å². The summed E-state index contributed by atoms with van der Waals surface area (Å²) in [4.78, 5) is 26.0. The standard InChI is InChI=1S/C29H27FN6O4S/c1-18(28(33)37)34-29(38)23-11-24(30)13-25(12-23)36(41(2,39)40)26-16-35(17-26)27(21-7-3-19(14-31)4-8-21)22-9-5-20(15-32)6-10-22/h3-13,18,26-27H,16-17H2,1-2H3,(H2,33,37)(H,34,38). The molecule has 1 aliphatic rings. The van der Waals surface area contributed by atoms with Crippen LogP contribution in [-0.4, -0.2) is 56.6 Å². The number of likely N-dealkylation sites (tertiary alicyclic amines) is 1. The molecule has 1 fully saturated rings. The lowest BCUT2D eigenvalue weighted by atomic mass is 9.92. The second-order valence-corrected chi connectivity index (χ2v) is 11.7. The summed E-state index contributed by atoms with van der Waals surface area (Å²) < 4.78 is 41.6. The fourth-order valence-corrected chi connectivity index (χ4v) is 5.96. The molecule has 3 N–H and O–H groups in total. The first-order valence-corrected chi connectivity index (χ1v) is 14.4. The number of hydrogen-bond donors (Lipinski definition) is 2. The number of rotatable bonds is 9. The molecule has 210 valence electrons. The fourth-order valence-electron chi connectivity index (χ4n) is 4.80. The Hall–Kier alpha value is -4.78. The second kappa shape index (κ2) is 11.8. The van der Waals surface area contributed by atoms with Crippen LogP contribution in [0.25, 0.3) is 0 Å². The molecule has 0 aliphatic carbocycles. The van der Waals surface area contributed by atoms with Crippen molar-refractivity contribution in [3.8, 4) is 12.1 Å². The number of nitriles is 2. The van der Waals surface area contributed by atoms with Gasteiger partial charge in [-0.2, -0.15) is 10.5 Å². The molecule has 1 unspecified atom stereocenters. The van der Waals surface area contributed by atoms with Gasteiger partial charge in [0.15, 0.2) is 0 Å². The Kier molecular flexibility index (Phi) is 8.38. The van der Waals surface area contributed by atoms with Crippen LogP contribution in [0.2, 0.25) is 0 Å². The molecule has 1 atom stereocenters. The van der Waals surface area contributed by atoms with Crippen molar-refractivity contribution in [2.75, 3.05) is 23.7 Å². The summed E-state index contributed by atoms with van der Waals surface area (Å²) in [5.74, 6) is -2.37. The van der Waals surface area contributed by atoms with E-state index in [1.54, 1.807) is 24.3 Å². The summed E-state index contributed by atoms with van der Waals surface area (Å²) >= 11 is 0. The van der Waals surface area contributed by atoms with Gasteiger partial charge in [-0.3, -0.25) is 18.8 Å². The van der Waals surface area contributed by atoms with Crippen LogP contribution in [0.4, 0.5) is 10.1 Å². The third-order valence-corrected chi connectivity index (χ3v) is 8.05. The summed E-state index contributed by atoms with van der Waals surface area (Å²) in [7, 11) is -3.91. The van der Waals surface area contributed by atoms with Crippen molar-refractivity contribution in [1.29, 1.82) is 10.5 Å². The molecule has 41 heavy (non-hydrogen) atoms. The summed E-state index contributed by atoms with van der Waals surface area (Å²) in [6.07, 6.45) is 1.01. The van der Waals surface area contributed by atoms with Gasteiger partial charge >= 0.3 is 0 Å². The summed E-state index contributed by atoms with van der Waals surface area (Å²) in [5, 5.41) is 20.8. The van der Waals surface area contributed by atoms with E-state index in [2.05, 4.69) is 17.5 Å². The maximum atomic E-state index is 14.6. The molecular weight excluding hydrogens is 547 g/mol. The van der Waals surface area contributed by atoms with Gasteiger partial charge in [0.2, 0.25) is 15.9 Å². The SMILES string of the molecule is CC(NC(=O)c1cc(F)cc(N(C2CN(C(c3ccc(C#N)cc3)c3ccc(C#N)cc3)C2)S(C)(=O)=O)c1)C(N)=O. The normalized spacial score (nSPS) is 14.4. The zero-order chi connectivity index (χ0) is 29.9. The predicted molar refractivity (Wildman–Crippen MR) is 149 cm³/mol. The number of nitrogens with zero attached hydrogens (tertiary/aromatic N) is 4.